The maximum atomic E-state index is 5.73. The van der Waals surface area contributed by atoms with E-state index in [1.54, 1.807) is 0 Å². The quantitative estimate of drug-likeness (QED) is 0.758. The lowest BCUT2D eigenvalue weighted by atomic mass is 10.1. The zero-order valence-corrected chi connectivity index (χ0v) is 11.1. The molecule has 0 fully saturated rings. The minimum absolute atomic E-state index is 0.589. The molecule has 1 aromatic heterocycles. The van der Waals surface area contributed by atoms with Gasteiger partial charge in [-0.25, -0.2) is 0 Å². The Morgan fingerprint density at radius 1 is 1.05 bits per heavy atom. The number of nitrogens with zero attached hydrogens (tertiary/aromatic N) is 1. The molecule has 3 aromatic rings. The number of nitrogens with two attached hydrogens (primary N) is 1. The maximum absolute atomic E-state index is 5.73. The molecule has 0 spiro atoms. The summed E-state index contributed by atoms with van der Waals surface area (Å²) in [5.74, 6) is 0. The topological polar surface area (TPSA) is 30.9 Å². The Kier molecular flexibility index (Phi) is 3.10. The zero-order chi connectivity index (χ0) is 13.2. The first kappa shape index (κ1) is 12.0. The van der Waals surface area contributed by atoms with Crippen LogP contribution in [0.25, 0.3) is 10.9 Å². The molecule has 2 heteroatoms. The summed E-state index contributed by atoms with van der Waals surface area (Å²) in [5, 5.41) is 1.27. The molecule has 0 atom stereocenters. The minimum Gasteiger partial charge on any atom is -0.343 e. The third kappa shape index (κ3) is 2.27. The predicted molar refractivity (Wildman–Crippen MR) is 80.1 cm³/mol. The van der Waals surface area contributed by atoms with Crippen LogP contribution in [0.2, 0.25) is 0 Å². The van der Waals surface area contributed by atoms with Gasteiger partial charge in [-0.2, -0.15) is 0 Å². The second-order valence-corrected chi connectivity index (χ2v) is 4.97. The number of rotatable bonds is 3. The summed E-state index contributed by atoms with van der Waals surface area (Å²) in [6.45, 7) is 3.65. The zero-order valence-electron chi connectivity index (χ0n) is 11.1. The van der Waals surface area contributed by atoms with E-state index in [-0.39, 0.29) is 0 Å². The number of benzene rings is 2. The van der Waals surface area contributed by atoms with Gasteiger partial charge < -0.3 is 10.3 Å². The number of aromatic nitrogens is 1. The molecule has 2 N–H and O–H groups in total. The predicted octanol–water partition coefficient (Wildman–Crippen LogP) is 3.46. The first-order chi connectivity index (χ1) is 9.28. The molecular formula is C17H18N2. The monoisotopic (exact) mass is 250 g/mol. The first-order valence-electron chi connectivity index (χ1n) is 6.60. The Balaban J connectivity index is 2.03. The Labute approximate surface area is 113 Å². The molecule has 0 saturated heterocycles. The molecule has 0 aliphatic rings. The van der Waals surface area contributed by atoms with Gasteiger partial charge in [-0.05, 0) is 41.1 Å². The molecule has 3 rings (SSSR count). The molecule has 2 aromatic carbocycles. The molecule has 0 bridgehead atoms. The summed E-state index contributed by atoms with van der Waals surface area (Å²) in [6.07, 6.45) is 2.15. The van der Waals surface area contributed by atoms with Crippen LogP contribution in [0.5, 0.6) is 0 Å². The standard InChI is InChI=1S/C17H18N2/c1-13-4-2-3-5-16(13)12-19-9-8-15-7-6-14(11-18)10-17(15)19/h2-10H,11-12,18H2,1H3. The van der Waals surface area contributed by atoms with Gasteiger partial charge in [0, 0.05) is 24.8 Å². The average molecular weight is 250 g/mol. The molecule has 0 saturated carbocycles. The molecule has 96 valence electrons. The van der Waals surface area contributed by atoms with Crippen molar-refractivity contribution in [2.24, 2.45) is 5.73 Å². The van der Waals surface area contributed by atoms with Gasteiger partial charge in [-0.1, -0.05) is 36.4 Å². The highest BCUT2D eigenvalue weighted by Gasteiger charge is 2.04. The van der Waals surface area contributed by atoms with E-state index in [4.69, 9.17) is 5.73 Å². The normalized spacial score (nSPS) is 11.1. The van der Waals surface area contributed by atoms with Crippen LogP contribution in [0, 0.1) is 6.92 Å². The van der Waals surface area contributed by atoms with Crippen molar-refractivity contribution in [1.82, 2.24) is 4.57 Å². The third-order valence-electron chi connectivity index (χ3n) is 3.68. The molecule has 0 aliphatic heterocycles. The van der Waals surface area contributed by atoms with E-state index >= 15 is 0 Å². The molecule has 0 aliphatic carbocycles. The highest BCUT2D eigenvalue weighted by molar-refractivity contribution is 5.81. The molecule has 2 nitrogen and oxygen atoms in total. The lowest BCUT2D eigenvalue weighted by molar-refractivity contribution is 0.829. The van der Waals surface area contributed by atoms with Crippen molar-refractivity contribution >= 4 is 10.9 Å². The molecule has 0 amide bonds. The van der Waals surface area contributed by atoms with Crippen LogP contribution in [0.4, 0.5) is 0 Å². The fourth-order valence-corrected chi connectivity index (χ4v) is 2.47. The van der Waals surface area contributed by atoms with Crippen molar-refractivity contribution < 1.29 is 0 Å². The van der Waals surface area contributed by atoms with Crippen LogP contribution in [-0.2, 0) is 13.1 Å². The van der Waals surface area contributed by atoms with E-state index in [9.17, 15) is 0 Å². The summed E-state index contributed by atoms with van der Waals surface area (Å²) in [6, 6.07) is 17.1. The van der Waals surface area contributed by atoms with E-state index in [0.29, 0.717) is 6.54 Å². The van der Waals surface area contributed by atoms with Crippen molar-refractivity contribution in [3.05, 3.63) is 71.4 Å². The van der Waals surface area contributed by atoms with Crippen LogP contribution in [0.1, 0.15) is 16.7 Å². The van der Waals surface area contributed by atoms with Gasteiger partial charge in [0.05, 0.1) is 0 Å². The summed E-state index contributed by atoms with van der Waals surface area (Å²) in [7, 11) is 0. The van der Waals surface area contributed by atoms with Gasteiger partial charge in [0.2, 0.25) is 0 Å². The Bertz CT molecular complexity index is 710. The molecule has 0 radical (unpaired) electrons. The van der Waals surface area contributed by atoms with Crippen LogP contribution < -0.4 is 5.73 Å². The minimum atomic E-state index is 0.589. The summed E-state index contributed by atoms with van der Waals surface area (Å²) >= 11 is 0. The summed E-state index contributed by atoms with van der Waals surface area (Å²) < 4.78 is 2.29. The van der Waals surface area contributed by atoms with Crippen molar-refractivity contribution in [3.8, 4) is 0 Å². The van der Waals surface area contributed by atoms with Crippen molar-refractivity contribution in [3.63, 3.8) is 0 Å². The SMILES string of the molecule is Cc1ccccc1Cn1ccc2ccc(CN)cc21. The van der Waals surface area contributed by atoms with Crippen molar-refractivity contribution in [1.29, 1.82) is 0 Å². The van der Waals surface area contributed by atoms with Crippen LogP contribution in [0.15, 0.2) is 54.7 Å². The van der Waals surface area contributed by atoms with Gasteiger partial charge in [0.1, 0.15) is 0 Å². The Morgan fingerprint density at radius 2 is 1.89 bits per heavy atom. The molecular weight excluding hydrogens is 232 g/mol. The van der Waals surface area contributed by atoms with Gasteiger partial charge in [-0.15, -0.1) is 0 Å². The summed E-state index contributed by atoms with van der Waals surface area (Å²) in [4.78, 5) is 0. The van der Waals surface area contributed by atoms with Gasteiger partial charge in [0.15, 0.2) is 0 Å². The molecule has 19 heavy (non-hydrogen) atoms. The van der Waals surface area contributed by atoms with E-state index < -0.39 is 0 Å². The number of aryl methyl sites for hydroxylation is 1. The second-order valence-electron chi connectivity index (χ2n) is 4.97. The molecule has 1 heterocycles. The van der Waals surface area contributed by atoms with Crippen LogP contribution in [-0.4, -0.2) is 4.57 Å². The van der Waals surface area contributed by atoms with Crippen molar-refractivity contribution in [2.75, 3.05) is 0 Å². The number of hydrogen-bond donors (Lipinski definition) is 1. The Hall–Kier alpha value is -2.06. The molecule has 0 unspecified atom stereocenters. The number of hydrogen-bond acceptors (Lipinski definition) is 1. The van der Waals surface area contributed by atoms with Gasteiger partial charge in [0.25, 0.3) is 0 Å². The lowest BCUT2D eigenvalue weighted by Gasteiger charge is -2.09. The van der Waals surface area contributed by atoms with E-state index in [1.807, 2.05) is 0 Å². The Morgan fingerprint density at radius 3 is 2.68 bits per heavy atom. The maximum Gasteiger partial charge on any atom is 0.0486 e. The highest BCUT2D eigenvalue weighted by Crippen LogP contribution is 2.20. The number of fused-ring (bicyclic) bond motifs is 1. The summed E-state index contributed by atoms with van der Waals surface area (Å²) in [5.41, 5.74) is 10.9. The van der Waals surface area contributed by atoms with E-state index in [0.717, 1.165) is 6.54 Å². The van der Waals surface area contributed by atoms with Crippen LogP contribution >= 0.6 is 0 Å². The fraction of sp³-hybridized carbons (Fsp3) is 0.176. The largest absolute Gasteiger partial charge is 0.343 e. The third-order valence-corrected chi connectivity index (χ3v) is 3.68. The first-order valence-corrected chi connectivity index (χ1v) is 6.60. The smallest absolute Gasteiger partial charge is 0.0486 e. The van der Waals surface area contributed by atoms with Crippen LogP contribution in [0.3, 0.4) is 0 Å². The fourth-order valence-electron chi connectivity index (χ4n) is 2.47. The lowest BCUT2D eigenvalue weighted by Crippen LogP contribution is -2.01. The highest BCUT2D eigenvalue weighted by atomic mass is 14.9. The van der Waals surface area contributed by atoms with E-state index in [2.05, 4.69) is 66.2 Å². The van der Waals surface area contributed by atoms with E-state index in [1.165, 1.54) is 27.6 Å². The average Bonchev–Trinajstić information content (AvgIpc) is 2.84. The van der Waals surface area contributed by atoms with Crippen molar-refractivity contribution in [2.45, 2.75) is 20.0 Å². The second kappa shape index (κ2) is 4.90. The van der Waals surface area contributed by atoms with Gasteiger partial charge >= 0.3 is 0 Å². The van der Waals surface area contributed by atoms with Gasteiger partial charge in [-0.3, -0.25) is 0 Å².